The van der Waals surface area contributed by atoms with E-state index in [0.717, 1.165) is 13.2 Å². The summed E-state index contributed by atoms with van der Waals surface area (Å²) in [7, 11) is -5.84. The molecule has 0 aromatic rings. The van der Waals surface area contributed by atoms with Crippen molar-refractivity contribution >= 4 is 10.1 Å². The summed E-state index contributed by atoms with van der Waals surface area (Å²) in [6.45, 7) is 2.00. The van der Waals surface area contributed by atoms with Gasteiger partial charge in [0.1, 0.15) is 0 Å². The molecule has 0 amide bonds. The zero-order chi connectivity index (χ0) is 10.5. The first-order valence-corrected chi connectivity index (χ1v) is 4.80. The minimum atomic E-state index is -5.84. The number of hydrogen-bond donors (Lipinski definition) is 1. The van der Waals surface area contributed by atoms with Crippen molar-refractivity contribution in [3.63, 3.8) is 0 Å². The normalized spacial score (nSPS) is 17.8. The average molecular weight is 222 g/mol. The maximum absolute atomic E-state index is 10.7. The molecule has 0 aromatic carbocycles. The van der Waals surface area contributed by atoms with E-state index >= 15 is 0 Å². The van der Waals surface area contributed by atoms with Crippen molar-refractivity contribution in [1.82, 2.24) is 0 Å². The van der Waals surface area contributed by atoms with E-state index in [1.807, 2.05) is 0 Å². The van der Waals surface area contributed by atoms with Crippen LogP contribution in [0.1, 0.15) is 12.8 Å². The Kier molecular flexibility index (Phi) is 4.65. The molecule has 1 rings (SSSR count). The van der Waals surface area contributed by atoms with Crippen LogP contribution in [0.5, 0.6) is 0 Å². The number of ether oxygens (including phenoxy) is 1. The summed E-state index contributed by atoms with van der Waals surface area (Å²) in [5, 5.41) is 0. The summed E-state index contributed by atoms with van der Waals surface area (Å²) in [6.07, 6.45) is 2.56. The molecule has 1 fully saturated rings. The summed E-state index contributed by atoms with van der Waals surface area (Å²) in [5.74, 6) is 0. The third kappa shape index (κ3) is 5.83. The molecule has 80 valence electrons. The lowest BCUT2D eigenvalue weighted by atomic mass is 10.4. The van der Waals surface area contributed by atoms with Gasteiger partial charge in [0.15, 0.2) is 0 Å². The van der Waals surface area contributed by atoms with E-state index in [4.69, 9.17) is 17.7 Å². The first-order chi connectivity index (χ1) is 5.75. The molecule has 1 saturated heterocycles. The van der Waals surface area contributed by atoms with E-state index in [1.165, 1.54) is 12.8 Å². The fourth-order valence-corrected chi connectivity index (χ4v) is 0.510. The Bertz CT molecular complexity index is 221. The van der Waals surface area contributed by atoms with Crippen LogP contribution in [0.25, 0.3) is 0 Å². The minimum Gasteiger partial charge on any atom is -0.381 e. The molecule has 1 aliphatic rings. The Morgan fingerprint density at radius 2 is 1.46 bits per heavy atom. The van der Waals surface area contributed by atoms with Crippen LogP contribution in [0.3, 0.4) is 0 Å². The van der Waals surface area contributed by atoms with Crippen molar-refractivity contribution in [1.29, 1.82) is 0 Å². The Morgan fingerprint density at radius 3 is 1.54 bits per heavy atom. The van der Waals surface area contributed by atoms with Crippen LogP contribution in [0.15, 0.2) is 0 Å². The van der Waals surface area contributed by atoms with Crippen LogP contribution in [0, 0.1) is 0 Å². The molecule has 0 spiro atoms. The van der Waals surface area contributed by atoms with Crippen molar-refractivity contribution in [2.45, 2.75) is 18.3 Å². The highest BCUT2D eigenvalue weighted by atomic mass is 32.2. The predicted octanol–water partition coefficient (Wildman–Crippen LogP) is 1.19. The van der Waals surface area contributed by atoms with Gasteiger partial charge in [-0.05, 0) is 12.8 Å². The third-order valence-corrected chi connectivity index (χ3v) is 1.70. The second kappa shape index (κ2) is 4.77. The Labute approximate surface area is 73.4 Å². The lowest BCUT2D eigenvalue weighted by Crippen LogP contribution is -2.21. The summed E-state index contributed by atoms with van der Waals surface area (Å²) in [5.41, 5.74) is -5.53. The molecule has 1 aliphatic heterocycles. The van der Waals surface area contributed by atoms with Crippen molar-refractivity contribution in [2.75, 3.05) is 13.2 Å². The molecule has 0 unspecified atom stereocenters. The molecular weight excluding hydrogens is 213 g/mol. The van der Waals surface area contributed by atoms with Crippen molar-refractivity contribution in [2.24, 2.45) is 0 Å². The number of alkyl halides is 3. The first kappa shape index (κ1) is 12.7. The van der Waals surface area contributed by atoms with Crippen molar-refractivity contribution < 1.29 is 30.9 Å². The van der Waals surface area contributed by atoms with Crippen LogP contribution in [-0.4, -0.2) is 31.7 Å². The molecule has 0 saturated carbocycles. The SMILES string of the molecule is C1CCOC1.O=S(=O)(O)C(F)(F)F. The van der Waals surface area contributed by atoms with Gasteiger partial charge in [0.2, 0.25) is 0 Å². The second-order valence-corrected chi connectivity index (χ2v) is 3.65. The zero-order valence-electron chi connectivity index (χ0n) is 6.54. The van der Waals surface area contributed by atoms with Crippen molar-refractivity contribution in [3.05, 3.63) is 0 Å². The van der Waals surface area contributed by atoms with Gasteiger partial charge in [-0.3, -0.25) is 4.55 Å². The van der Waals surface area contributed by atoms with Gasteiger partial charge in [-0.25, -0.2) is 0 Å². The standard InChI is InChI=1S/C4H8O.CHF3O3S/c1-2-4-5-3-1;2-1(3,4)8(5,6)7/h1-4H2;(H,5,6,7). The van der Waals surface area contributed by atoms with Gasteiger partial charge in [0.25, 0.3) is 0 Å². The minimum absolute atomic E-state index is 1.00. The second-order valence-electron chi connectivity index (χ2n) is 2.24. The van der Waals surface area contributed by atoms with Crippen molar-refractivity contribution in [3.8, 4) is 0 Å². The van der Waals surface area contributed by atoms with E-state index in [-0.39, 0.29) is 0 Å². The molecular formula is C5H9F3O4S. The molecule has 8 heteroatoms. The fraction of sp³-hybridized carbons (Fsp3) is 1.00. The quantitative estimate of drug-likeness (QED) is 0.494. The maximum Gasteiger partial charge on any atom is 0.522 e. The van der Waals surface area contributed by atoms with Gasteiger partial charge in [-0.15, -0.1) is 0 Å². The third-order valence-electron chi connectivity index (χ3n) is 1.12. The Morgan fingerprint density at radius 1 is 1.15 bits per heavy atom. The van der Waals surface area contributed by atoms with Crippen LogP contribution < -0.4 is 0 Å². The summed E-state index contributed by atoms with van der Waals surface area (Å²) in [6, 6.07) is 0. The fourth-order valence-electron chi connectivity index (χ4n) is 0.510. The molecule has 4 nitrogen and oxygen atoms in total. The van der Waals surface area contributed by atoms with Crippen LogP contribution in [0.2, 0.25) is 0 Å². The molecule has 0 bridgehead atoms. The molecule has 0 atom stereocenters. The summed E-state index contributed by atoms with van der Waals surface area (Å²) >= 11 is 0. The highest BCUT2D eigenvalue weighted by Gasteiger charge is 2.44. The van der Waals surface area contributed by atoms with E-state index in [0.29, 0.717) is 0 Å². The van der Waals surface area contributed by atoms with Gasteiger partial charge in [-0.1, -0.05) is 0 Å². The van der Waals surface area contributed by atoms with Gasteiger partial charge in [0.05, 0.1) is 0 Å². The number of halogens is 3. The highest BCUT2D eigenvalue weighted by Crippen LogP contribution is 2.20. The molecule has 0 radical (unpaired) electrons. The molecule has 0 aliphatic carbocycles. The topological polar surface area (TPSA) is 63.6 Å². The van der Waals surface area contributed by atoms with E-state index in [1.54, 1.807) is 0 Å². The van der Waals surface area contributed by atoms with E-state index in [9.17, 15) is 13.2 Å². The predicted molar refractivity (Wildman–Crippen MR) is 37.7 cm³/mol. The first-order valence-electron chi connectivity index (χ1n) is 3.36. The van der Waals surface area contributed by atoms with Crippen LogP contribution in [-0.2, 0) is 14.9 Å². The van der Waals surface area contributed by atoms with Gasteiger partial charge in [0, 0.05) is 13.2 Å². The van der Waals surface area contributed by atoms with Crippen LogP contribution in [0.4, 0.5) is 13.2 Å². The molecule has 1 heterocycles. The van der Waals surface area contributed by atoms with Crippen LogP contribution >= 0.6 is 0 Å². The van der Waals surface area contributed by atoms with E-state index < -0.39 is 15.6 Å². The highest BCUT2D eigenvalue weighted by molar-refractivity contribution is 7.86. The van der Waals surface area contributed by atoms with E-state index in [2.05, 4.69) is 0 Å². The molecule has 1 N–H and O–H groups in total. The largest absolute Gasteiger partial charge is 0.522 e. The van der Waals surface area contributed by atoms with Gasteiger partial charge < -0.3 is 4.74 Å². The lowest BCUT2D eigenvalue weighted by Gasteiger charge is -1.97. The smallest absolute Gasteiger partial charge is 0.381 e. The monoisotopic (exact) mass is 222 g/mol. The zero-order valence-corrected chi connectivity index (χ0v) is 7.36. The average Bonchev–Trinajstić information content (AvgIpc) is 2.35. The lowest BCUT2D eigenvalue weighted by molar-refractivity contribution is -0.0510. The molecule has 13 heavy (non-hydrogen) atoms. The Hall–Kier alpha value is -0.340. The maximum atomic E-state index is 10.7. The molecule has 0 aromatic heterocycles. The summed E-state index contributed by atoms with van der Waals surface area (Å²) < 4.78 is 62.5. The van der Waals surface area contributed by atoms with Gasteiger partial charge in [-0.2, -0.15) is 21.6 Å². The van der Waals surface area contributed by atoms with Gasteiger partial charge >= 0.3 is 15.6 Å². The number of rotatable bonds is 0. The Balaban J connectivity index is 0.000000243. The summed E-state index contributed by atoms with van der Waals surface area (Å²) in [4.78, 5) is 0. The number of hydrogen-bond acceptors (Lipinski definition) is 3.